The molecular weight excluding hydrogens is 358 g/mol. The van der Waals surface area contributed by atoms with E-state index in [4.69, 9.17) is 9.84 Å². The normalized spacial score (nSPS) is 16.6. The van der Waals surface area contributed by atoms with Crippen LogP contribution in [0.15, 0.2) is 12.1 Å². The molecule has 1 N–H and O–H groups in total. The Hall–Kier alpha value is -2.98. The van der Waals surface area contributed by atoms with Crippen molar-refractivity contribution in [2.24, 2.45) is 0 Å². The number of aliphatic carboxylic acids is 1. The Morgan fingerprint density at radius 2 is 2.12 bits per heavy atom. The Kier molecular flexibility index (Phi) is 5.90. The minimum absolute atomic E-state index is 0.242. The number of carboxylic acid groups (broad SMARTS) is 1. The van der Waals surface area contributed by atoms with Crippen molar-refractivity contribution in [1.29, 1.82) is 0 Å². The molecule has 1 saturated heterocycles. The van der Waals surface area contributed by atoms with E-state index >= 15 is 0 Å². The smallest absolute Gasteiger partial charge is 0.387 e. The molecule has 1 aromatic carbocycles. The van der Waals surface area contributed by atoms with E-state index in [-0.39, 0.29) is 24.3 Å². The molecule has 2 rings (SSSR count). The van der Waals surface area contributed by atoms with Gasteiger partial charge < -0.3 is 19.5 Å². The number of hydrogen-bond donors (Lipinski definition) is 1. The van der Waals surface area contributed by atoms with E-state index in [2.05, 4.69) is 4.74 Å². The molecule has 0 spiro atoms. The van der Waals surface area contributed by atoms with Gasteiger partial charge in [0.2, 0.25) is 0 Å². The molecule has 0 aliphatic carbocycles. The number of nitro groups is 1. The molecule has 142 valence electrons. The summed E-state index contributed by atoms with van der Waals surface area (Å²) < 4.78 is 34.0. The summed E-state index contributed by atoms with van der Waals surface area (Å²) in [5.41, 5.74) is -1.11. The summed E-state index contributed by atoms with van der Waals surface area (Å²) in [6, 6.07) is 1.05. The van der Waals surface area contributed by atoms with Crippen molar-refractivity contribution >= 4 is 17.6 Å². The molecule has 1 unspecified atom stereocenters. The molecule has 0 aromatic heterocycles. The summed E-state index contributed by atoms with van der Waals surface area (Å²) in [5, 5.41) is 20.2. The lowest BCUT2D eigenvalue weighted by molar-refractivity contribution is -0.385. The zero-order valence-electron chi connectivity index (χ0n) is 13.7. The van der Waals surface area contributed by atoms with Gasteiger partial charge in [-0.1, -0.05) is 0 Å². The van der Waals surface area contributed by atoms with Gasteiger partial charge in [-0.15, -0.1) is 0 Å². The highest BCUT2D eigenvalue weighted by Crippen LogP contribution is 2.37. The van der Waals surface area contributed by atoms with Gasteiger partial charge in [0.05, 0.1) is 24.5 Å². The van der Waals surface area contributed by atoms with Gasteiger partial charge in [0.15, 0.2) is 11.5 Å². The number of ether oxygens (including phenoxy) is 2. The number of nitro benzene ring substituents is 1. The maximum Gasteiger partial charge on any atom is 0.387 e. The monoisotopic (exact) mass is 374 g/mol. The first-order valence-electron chi connectivity index (χ1n) is 7.58. The topological polar surface area (TPSA) is 119 Å². The second kappa shape index (κ2) is 7.93. The Labute approximate surface area is 146 Å². The summed E-state index contributed by atoms with van der Waals surface area (Å²) >= 11 is 0. The average Bonchev–Trinajstić information content (AvgIpc) is 3.00. The number of nitrogens with zero attached hydrogens (tertiary/aromatic N) is 2. The molecule has 11 heteroatoms. The van der Waals surface area contributed by atoms with Crippen molar-refractivity contribution in [1.82, 2.24) is 4.90 Å². The van der Waals surface area contributed by atoms with E-state index in [9.17, 15) is 28.5 Å². The van der Waals surface area contributed by atoms with Crippen LogP contribution in [0.2, 0.25) is 0 Å². The van der Waals surface area contributed by atoms with E-state index in [0.717, 1.165) is 13.2 Å². The fourth-order valence-electron chi connectivity index (χ4n) is 2.89. The predicted octanol–water partition coefficient (Wildman–Crippen LogP) is 2.28. The molecule has 1 fully saturated rings. The number of halogens is 2. The third-order valence-electron chi connectivity index (χ3n) is 3.97. The van der Waals surface area contributed by atoms with Crippen molar-refractivity contribution in [3.8, 4) is 11.5 Å². The molecule has 1 aliphatic rings. The van der Waals surface area contributed by atoms with Gasteiger partial charge in [-0.3, -0.25) is 19.7 Å². The molecule has 1 aromatic rings. The van der Waals surface area contributed by atoms with Crippen molar-refractivity contribution in [2.45, 2.75) is 31.9 Å². The number of likely N-dealkylation sites (tertiary alicyclic amines) is 1. The fraction of sp³-hybridized carbons (Fsp3) is 0.467. The highest BCUT2D eigenvalue weighted by atomic mass is 19.3. The average molecular weight is 374 g/mol. The second-order valence-corrected chi connectivity index (χ2v) is 5.55. The van der Waals surface area contributed by atoms with Crippen molar-refractivity contribution < 1.29 is 37.9 Å². The molecule has 0 bridgehead atoms. The lowest BCUT2D eigenvalue weighted by atomic mass is 10.1. The molecule has 1 aliphatic heterocycles. The zero-order chi connectivity index (χ0) is 19.4. The number of carbonyl (C=O) groups excluding carboxylic acids is 1. The minimum atomic E-state index is -3.23. The number of hydrogen-bond acceptors (Lipinski definition) is 6. The van der Waals surface area contributed by atoms with Crippen LogP contribution < -0.4 is 9.47 Å². The Balaban J connectivity index is 2.44. The molecule has 1 amide bonds. The van der Waals surface area contributed by atoms with Gasteiger partial charge in [0.1, 0.15) is 5.56 Å². The summed E-state index contributed by atoms with van der Waals surface area (Å²) in [6.07, 6.45) is 0.722. The minimum Gasteiger partial charge on any atom is -0.493 e. The van der Waals surface area contributed by atoms with Crippen LogP contribution >= 0.6 is 0 Å². The van der Waals surface area contributed by atoms with Crippen LogP contribution in [0.1, 0.15) is 29.6 Å². The highest BCUT2D eigenvalue weighted by molar-refractivity contribution is 5.99. The predicted molar refractivity (Wildman–Crippen MR) is 82.6 cm³/mol. The van der Waals surface area contributed by atoms with E-state index < -0.39 is 40.9 Å². The summed E-state index contributed by atoms with van der Waals surface area (Å²) in [4.78, 5) is 35.3. The van der Waals surface area contributed by atoms with Gasteiger partial charge in [-0.2, -0.15) is 8.78 Å². The fourth-order valence-corrected chi connectivity index (χ4v) is 2.89. The summed E-state index contributed by atoms with van der Waals surface area (Å²) in [5.74, 6) is -2.70. The number of rotatable bonds is 7. The summed E-state index contributed by atoms with van der Waals surface area (Å²) in [7, 11) is 1.14. The van der Waals surface area contributed by atoms with Crippen LogP contribution in [0.4, 0.5) is 14.5 Å². The first-order chi connectivity index (χ1) is 12.2. The lowest BCUT2D eigenvalue weighted by Gasteiger charge is -2.23. The third kappa shape index (κ3) is 4.16. The Morgan fingerprint density at radius 1 is 1.42 bits per heavy atom. The quantitative estimate of drug-likeness (QED) is 0.574. The van der Waals surface area contributed by atoms with Gasteiger partial charge in [-0.05, 0) is 12.8 Å². The second-order valence-electron chi connectivity index (χ2n) is 5.55. The van der Waals surface area contributed by atoms with E-state index in [1.807, 2.05) is 0 Å². The van der Waals surface area contributed by atoms with Crippen molar-refractivity contribution in [2.75, 3.05) is 13.7 Å². The molecule has 1 atom stereocenters. The number of alkyl halides is 2. The van der Waals surface area contributed by atoms with Gasteiger partial charge in [0, 0.05) is 18.7 Å². The zero-order valence-corrected chi connectivity index (χ0v) is 13.7. The standard InChI is InChI=1S/C15H16F2N2O7/c1-25-11-6-9(10(19(23)24)7-12(11)26-15(16)17)14(22)18-4-2-3-8(18)5-13(20)21/h6-8,15H,2-5H2,1H3,(H,20,21). The Morgan fingerprint density at radius 3 is 2.65 bits per heavy atom. The molecule has 1 heterocycles. The van der Waals surface area contributed by atoms with Gasteiger partial charge in [0.25, 0.3) is 11.6 Å². The number of amides is 1. The first-order valence-corrected chi connectivity index (χ1v) is 7.58. The van der Waals surface area contributed by atoms with Gasteiger partial charge in [-0.25, -0.2) is 0 Å². The van der Waals surface area contributed by atoms with Crippen LogP contribution in [-0.4, -0.2) is 53.1 Å². The van der Waals surface area contributed by atoms with Crippen molar-refractivity contribution in [3.05, 3.63) is 27.8 Å². The third-order valence-corrected chi connectivity index (χ3v) is 3.97. The molecular formula is C15H16F2N2O7. The first kappa shape index (κ1) is 19.3. The van der Waals surface area contributed by atoms with Crippen LogP contribution in [0.3, 0.4) is 0 Å². The Bertz CT molecular complexity index is 726. The maximum absolute atomic E-state index is 12.7. The van der Waals surface area contributed by atoms with E-state index in [1.54, 1.807) is 0 Å². The number of carboxylic acids is 1. The van der Waals surface area contributed by atoms with Crippen LogP contribution in [0.5, 0.6) is 11.5 Å². The van der Waals surface area contributed by atoms with E-state index in [0.29, 0.717) is 18.9 Å². The largest absolute Gasteiger partial charge is 0.493 e. The number of carbonyl (C=O) groups is 2. The number of benzene rings is 1. The molecule has 0 saturated carbocycles. The molecule has 9 nitrogen and oxygen atoms in total. The molecule has 26 heavy (non-hydrogen) atoms. The SMILES string of the molecule is COc1cc(C(=O)N2CCCC2CC(=O)O)c([N+](=O)[O-])cc1OC(F)F. The molecule has 0 radical (unpaired) electrons. The lowest BCUT2D eigenvalue weighted by Crippen LogP contribution is -2.37. The van der Waals surface area contributed by atoms with Gasteiger partial charge >= 0.3 is 12.6 Å². The van der Waals surface area contributed by atoms with Crippen molar-refractivity contribution in [3.63, 3.8) is 0 Å². The van der Waals surface area contributed by atoms with Crippen LogP contribution in [-0.2, 0) is 4.79 Å². The maximum atomic E-state index is 12.7. The van der Waals surface area contributed by atoms with Crippen LogP contribution in [0, 0.1) is 10.1 Å². The number of methoxy groups -OCH3 is 1. The highest BCUT2D eigenvalue weighted by Gasteiger charge is 2.35. The summed E-state index contributed by atoms with van der Waals surface area (Å²) in [6.45, 7) is -2.99. The van der Waals surface area contributed by atoms with Crippen LogP contribution in [0.25, 0.3) is 0 Å². The van der Waals surface area contributed by atoms with E-state index in [1.165, 1.54) is 4.90 Å².